The van der Waals surface area contributed by atoms with E-state index in [0.29, 0.717) is 19.7 Å². The van der Waals surface area contributed by atoms with Crippen molar-refractivity contribution in [2.75, 3.05) is 44.4 Å². The summed E-state index contributed by atoms with van der Waals surface area (Å²) < 4.78 is 11.1. The average molecular weight is 360 g/mol. The van der Waals surface area contributed by atoms with Gasteiger partial charge in [0.2, 0.25) is 11.8 Å². The average Bonchev–Trinajstić information content (AvgIpc) is 2.61. The van der Waals surface area contributed by atoms with Crippen LogP contribution in [-0.4, -0.2) is 62.3 Å². The van der Waals surface area contributed by atoms with Crippen LogP contribution in [0.15, 0.2) is 18.2 Å². The molecule has 2 fully saturated rings. The van der Waals surface area contributed by atoms with E-state index in [1.54, 1.807) is 9.80 Å². The Bertz CT molecular complexity index is 635. The monoisotopic (exact) mass is 360 g/mol. The maximum Gasteiger partial charge on any atom is 0.249 e. The molecule has 6 heteroatoms. The van der Waals surface area contributed by atoms with E-state index >= 15 is 0 Å². The number of carbonyl (C=O) groups excluding carboxylic acids is 2. The van der Waals surface area contributed by atoms with Gasteiger partial charge in [0.15, 0.2) is 0 Å². The van der Waals surface area contributed by atoms with Crippen LogP contribution >= 0.6 is 0 Å². The molecule has 1 aromatic rings. The van der Waals surface area contributed by atoms with Crippen LogP contribution < -0.4 is 4.90 Å². The molecule has 2 heterocycles. The van der Waals surface area contributed by atoms with E-state index in [9.17, 15) is 9.59 Å². The van der Waals surface area contributed by atoms with E-state index in [4.69, 9.17) is 9.47 Å². The molecule has 142 valence electrons. The first-order valence-electron chi connectivity index (χ1n) is 9.39. The Morgan fingerprint density at radius 2 is 1.96 bits per heavy atom. The van der Waals surface area contributed by atoms with Gasteiger partial charge >= 0.3 is 0 Å². The Morgan fingerprint density at radius 3 is 2.62 bits per heavy atom. The Kier molecular flexibility index (Phi) is 6.27. The van der Waals surface area contributed by atoms with Crippen LogP contribution in [0.5, 0.6) is 0 Å². The fraction of sp³-hybridized carbons (Fsp3) is 0.600. The Labute approximate surface area is 155 Å². The fourth-order valence-electron chi connectivity index (χ4n) is 3.57. The number of carbonyl (C=O) groups is 2. The van der Waals surface area contributed by atoms with Crippen LogP contribution in [0.2, 0.25) is 0 Å². The second-order valence-corrected chi connectivity index (χ2v) is 7.21. The van der Waals surface area contributed by atoms with Crippen LogP contribution in [0.3, 0.4) is 0 Å². The lowest BCUT2D eigenvalue weighted by atomic mass is 10.1. The van der Waals surface area contributed by atoms with Crippen LogP contribution in [-0.2, 0) is 19.1 Å². The van der Waals surface area contributed by atoms with E-state index < -0.39 is 0 Å². The number of anilines is 1. The molecule has 0 aliphatic carbocycles. The maximum atomic E-state index is 12.5. The minimum Gasteiger partial charge on any atom is -0.376 e. The van der Waals surface area contributed by atoms with E-state index in [1.165, 1.54) is 0 Å². The molecule has 0 N–H and O–H groups in total. The van der Waals surface area contributed by atoms with Gasteiger partial charge in [0, 0.05) is 25.4 Å². The predicted octanol–water partition coefficient (Wildman–Crippen LogP) is 2.06. The summed E-state index contributed by atoms with van der Waals surface area (Å²) in [7, 11) is 0. The zero-order valence-corrected chi connectivity index (χ0v) is 15.7. The number of piperazine rings is 1. The first-order chi connectivity index (χ1) is 12.5. The smallest absolute Gasteiger partial charge is 0.249 e. The van der Waals surface area contributed by atoms with Gasteiger partial charge in [-0.25, -0.2) is 0 Å². The van der Waals surface area contributed by atoms with Crippen molar-refractivity contribution in [3.05, 3.63) is 29.3 Å². The summed E-state index contributed by atoms with van der Waals surface area (Å²) in [5.74, 6) is -0.181. The maximum absolute atomic E-state index is 12.5. The third kappa shape index (κ3) is 4.83. The zero-order chi connectivity index (χ0) is 18.5. The minimum absolute atomic E-state index is 0.0106. The first-order valence-corrected chi connectivity index (χ1v) is 9.39. The molecule has 0 bridgehead atoms. The molecular weight excluding hydrogens is 332 g/mol. The molecule has 1 aromatic carbocycles. The lowest BCUT2D eigenvalue weighted by Gasteiger charge is -2.34. The quantitative estimate of drug-likeness (QED) is 0.807. The molecule has 2 saturated heterocycles. The van der Waals surface area contributed by atoms with Crippen LogP contribution in [0, 0.1) is 13.8 Å². The van der Waals surface area contributed by atoms with Gasteiger partial charge in [0.25, 0.3) is 0 Å². The number of nitrogens with zero attached hydrogens (tertiary/aromatic N) is 2. The van der Waals surface area contributed by atoms with Crippen molar-refractivity contribution in [3.8, 4) is 0 Å². The zero-order valence-electron chi connectivity index (χ0n) is 15.7. The lowest BCUT2D eigenvalue weighted by molar-refractivity contribution is -0.142. The SMILES string of the molecule is Cc1cc(C)cc(N2CCN(C(=O)COC[C@@H]3CCCCO3)CC2=O)c1. The first kappa shape index (κ1) is 18.9. The second-order valence-electron chi connectivity index (χ2n) is 7.21. The number of amides is 2. The summed E-state index contributed by atoms with van der Waals surface area (Å²) in [5.41, 5.74) is 3.17. The Hall–Kier alpha value is -1.92. The van der Waals surface area contributed by atoms with Gasteiger partial charge < -0.3 is 19.3 Å². The highest BCUT2D eigenvalue weighted by molar-refractivity contribution is 5.98. The second kappa shape index (κ2) is 8.64. The number of ether oxygens (including phenoxy) is 2. The van der Waals surface area contributed by atoms with Gasteiger partial charge in [-0.15, -0.1) is 0 Å². The Balaban J connectivity index is 1.48. The highest BCUT2D eigenvalue weighted by Gasteiger charge is 2.28. The molecule has 2 aliphatic rings. The van der Waals surface area contributed by atoms with Crippen LogP contribution in [0.1, 0.15) is 30.4 Å². The molecule has 1 atom stereocenters. The van der Waals surface area contributed by atoms with Gasteiger partial charge in [-0.2, -0.15) is 0 Å². The molecule has 0 radical (unpaired) electrons. The predicted molar refractivity (Wildman–Crippen MR) is 99.3 cm³/mol. The highest BCUT2D eigenvalue weighted by atomic mass is 16.5. The van der Waals surface area contributed by atoms with Crippen molar-refractivity contribution in [2.45, 2.75) is 39.2 Å². The summed E-state index contributed by atoms with van der Waals surface area (Å²) in [6, 6.07) is 6.10. The topological polar surface area (TPSA) is 59.1 Å². The van der Waals surface area contributed by atoms with Gasteiger partial charge in [-0.3, -0.25) is 9.59 Å². The standard InChI is InChI=1S/C20H28N2O4/c1-15-9-16(2)11-17(10-15)22-7-6-21(12-19(22)23)20(24)14-25-13-18-5-3-4-8-26-18/h9-11,18H,3-8,12-14H2,1-2H3/t18-/m0/s1. The number of benzene rings is 1. The number of hydrogen-bond acceptors (Lipinski definition) is 4. The number of hydrogen-bond donors (Lipinski definition) is 0. The largest absolute Gasteiger partial charge is 0.376 e. The summed E-state index contributed by atoms with van der Waals surface area (Å²) in [6.07, 6.45) is 3.33. The van der Waals surface area contributed by atoms with E-state index in [0.717, 1.165) is 42.7 Å². The van der Waals surface area contributed by atoms with E-state index in [-0.39, 0.29) is 31.1 Å². The van der Waals surface area contributed by atoms with E-state index in [2.05, 4.69) is 6.07 Å². The lowest BCUT2D eigenvalue weighted by Crippen LogP contribution is -2.53. The molecule has 2 amide bonds. The summed E-state index contributed by atoms with van der Waals surface area (Å²) in [5, 5.41) is 0. The van der Waals surface area contributed by atoms with Gasteiger partial charge in [0.05, 0.1) is 12.7 Å². The van der Waals surface area contributed by atoms with Crippen molar-refractivity contribution in [2.24, 2.45) is 0 Å². The highest BCUT2D eigenvalue weighted by Crippen LogP contribution is 2.21. The summed E-state index contributed by atoms with van der Waals surface area (Å²) >= 11 is 0. The molecule has 0 aromatic heterocycles. The third-order valence-electron chi connectivity index (χ3n) is 4.89. The normalized spacial score (nSPS) is 21.2. The molecule has 2 aliphatic heterocycles. The summed E-state index contributed by atoms with van der Waals surface area (Å²) in [6.45, 7) is 6.42. The van der Waals surface area contributed by atoms with E-state index in [1.807, 2.05) is 26.0 Å². The molecule has 6 nitrogen and oxygen atoms in total. The summed E-state index contributed by atoms with van der Waals surface area (Å²) in [4.78, 5) is 28.2. The molecule has 0 spiro atoms. The van der Waals surface area contributed by atoms with Gasteiger partial charge in [-0.1, -0.05) is 6.07 Å². The fourth-order valence-corrected chi connectivity index (χ4v) is 3.57. The van der Waals surface area contributed by atoms with Crippen molar-refractivity contribution in [1.29, 1.82) is 0 Å². The molecule has 26 heavy (non-hydrogen) atoms. The molecule has 3 rings (SSSR count). The van der Waals surface area contributed by atoms with Crippen molar-refractivity contribution in [3.63, 3.8) is 0 Å². The van der Waals surface area contributed by atoms with Crippen LogP contribution in [0.25, 0.3) is 0 Å². The van der Waals surface area contributed by atoms with Crippen molar-refractivity contribution >= 4 is 17.5 Å². The molecule has 0 saturated carbocycles. The minimum atomic E-state index is -0.130. The third-order valence-corrected chi connectivity index (χ3v) is 4.89. The number of aryl methyl sites for hydroxylation is 2. The van der Waals surface area contributed by atoms with Crippen LogP contribution in [0.4, 0.5) is 5.69 Å². The van der Waals surface area contributed by atoms with Crippen molar-refractivity contribution < 1.29 is 19.1 Å². The molecule has 0 unspecified atom stereocenters. The number of rotatable bonds is 5. The Morgan fingerprint density at radius 1 is 1.19 bits per heavy atom. The molecular formula is C20H28N2O4. The van der Waals surface area contributed by atoms with Crippen molar-refractivity contribution in [1.82, 2.24) is 4.90 Å². The van der Waals surface area contributed by atoms with Gasteiger partial charge in [0.1, 0.15) is 13.2 Å². The van der Waals surface area contributed by atoms with Gasteiger partial charge in [-0.05, 0) is 56.4 Å².